The Labute approximate surface area is 143 Å². The van der Waals surface area contributed by atoms with E-state index in [9.17, 15) is 4.79 Å². The van der Waals surface area contributed by atoms with Gasteiger partial charge in [0.25, 0.3) is 0 Å². The van der Waals surface area contributed by atoms with E-state index in [1.807, 2.05) is 12.1 Å². The van der Waals surface area contributed by atoms with Crippen LogP contribution in [0.4, 0.5) is 5.69 Å². The Hall–Kier alpha value is -1.77. The third kappa shape index (κ3) is 2.28. The molecule has 6 rings (SSSR count). The summed E-state index contributed by atoms with van der Waals surface area (Å²) in [5.41, 5.74) is 3.54. The Morgan fingerprint density at radius 2 is 1.79 bits per heavy atom. The molecular weight excluding hydrogens is 296 g/mol. The number of nitrogens with zero attached hydrogens (tertiary/aromatic N) is 1. The number of amides is 1. The van der Waals surface area contributed by atoms with E-state index in [0.717, 1.165) is 35.4 Å². The third-order valence-corrected chi connectivity index (χ3v) is 6.87. The molecule has 0 aliphatic heterocycles. The molecule has 126 valence electrons. The first-order valence-corrected chi connectivity index (χ1v) is 9.47. The molecule has 0 saturated heterocycles. The number of fused-ring (bicyclic) bond motifs is 1. The molecule has 0 aromatic carbocycles. The summed E-state index contributed by atoms with van der Waals surface area (Å²) in [7, 11) is 0. The Morgan fingerprint density at radius 3 is 2.46 bits per heavy atom. The Balaban J connectivity index is 1.36. The van der Waals surface area contributed by atoms with Gasteiger partial charge in [-0.05, 0) is 92.9 Å². The lowest BCUT2D eigenvalue weighted by Crippen LogP contribution is -2.47. The minimum Gasteiger partial charge on any atom is -0.324 e. The van der Waals surface area contributed by atoms with Crippen molar-refractivity contribution in [3.8, 4) is 0 Å². The van der Waals surface area contributed by atoms with Crippen LogP contribution in [-0.2, 0) is 4.79 Å². The van der Waals surface area contributed by atoms with Crippen LogP contribution in [0, 0.1) is 30.1 Å². The average Bonchev–Trinajstić information content (AvgIpc) is 2.88. The van der Waals surface area contributed by atoms with E-state index in [0.29, 0.717) is 5.41 Å². The first-order valence-electron chi connectivity index (χ1n) is 9.47. The number of anilines is 1. The number of aromatic nitrogens is 1. The molecule has 4 saturated carbocycles. The highest BCUT2D eigenvalue weighted by Gasteiger charge is 2.51. The van der Waals surface area contributed by atoms with Crippen molar-refractivity contribution >= 4 is 17.1 Å². The number of carbonyl (C=O) groups excluding carboxylic acids is 1. The van der Waals surface area contributed by atoms with Crippen LogP contribution in [-0.4, -0.2) is 10.3 Å². The molecule has 4 aliphatic rings. The quantitative estimate of drug-likeness (QED) is 0.866. The predicted octanol–water partition coefficient (Wildman–Crippen LogP) is 4.79. The second kappa shape index (κ2) is 5.11. The molecule has 2 heterocycles. The van der Waals surface area contributed by atoms with E-state index in [1.165, 1.54) is 44.2 Å². The van der Waals surface area contributed by atoms with Gasteiger partial charge >= 0.3 is 0 Å². The molecule has 2 aromatic heterocycles. The number of nitrogens with one attached hydrogen (secondary N) is 1. The number of rotatable bonds is 3. The van der Waals surface area contributed by atoms with Gasteiger partial charge in [0.05, 0.1) is 11.2 Å². The van der Waals surface area contributed by atoms with Crippen LogP contribution in [0.15, 0.2) is 30.5 Å². The molecule has 0 atom stereocenters. The number of carbonyl (C=O) groups is 1. The standard InChI is InChI=1S/C21H26N2O/c1-14-4-5-19-18(3-2-6-23(14)19)22-20(24)13-21-10-15-7-16(11-21)9-17(8-15)12-21/h2-6,15-17H,7-13H2,1H3,(H,22,24). The van der Waals surface area contributed by atoms with E-state index in [2.05, 4.69) is 35.0 Å². The van der Waals surface area contributed by atoms with Crippen molar-refractivity contribution in [3.05, 3.63) is 36.2 Å². The lowest BCUT2D eigenvalue weighted by Gasteiger charge is -2.56. The highest BCUT2D eigenvalue weighted by atomic mass is 16.1. The molecule has 24 heavy (non-hydrogen) atoms. The van der Waals surface area contributed by atoms with Crippen LogP contribution in [0.3, 0.4) is 0 Å². The number of hydrogen-bond acceptors (Lipinski definition) is 1. The van der Waals surface area contributed by atoms with Crippen molar-refractivity contribution in [1.82, 2.24) is 4.40 Å². The summed E-state index contributed by atoms with van der Waals surface area (Å²) in [6.45, 7) is 2.09. The first-order chi connectivity index (χ1) is 11.6. The summed E-state index contributed by atoms with van der Waals surface area (Å²) >= 11 is 0. The van der Waals surface area contributed by atoms with Gasteiger partial charge in [-0.25, -0.2) is 0 Å². The molecular formula is C21H26N2O. The van der Waals surface area contributed by atoms with Gasteiger partial charge in [0.15, 0.2) is 0 Å². The molecule has 0 unspecified atom stereocenters. The van der Waals surface area contributed by atoms with E-state index >= 15 is 0 Å². The first kappa shape index (κ1) is 14.6. The van der Waals surface area contributed by atoms with Gasteiger partial charge in [-0.15, -0.1) is 0 Å². The maximum absolute atomic E-state index is 12.8. The lowest BCUT2D eigenvalue weighted by molar-refractivity contribution is -0.124. The predicted molar refractivity (Wildman–Crippen MR) is 96.0 cm³/mol. The topological polar surface area (TPSA) is 33.5 Å². The summed E-state index contributed by atoms with van der Waals surface area (Å²) in [6.07, 6.45) is 11.0. The van der Waals surface area contributed by atoms with Gasteiger partial charge in [-0.2, -0.15) is 0 Å². The normalized spacial score (nSPS) is 34.0. The summed E-state index contributed by atoms with van der Waals surface area (Å²) < 4.78 is 2.14. The van der Waals surface area contributed by atoms with Crippen LogP contribution >= 0.6 is 0 Å². The van der Waals surface area contributed by atoms with Crippen molar-refractivity contribution in [2.45, 2.75) is 51.9 Å². The SMILES string of the molecule is Cc1ccc2c(NC(=O)CC34CC5CC(CC(C5)C3)C4)cccn12. The molecule has 0 spiro atoms. The van der Waals surface area contributed by atoms with Crippen LogP contribution in [0.25, 0.3) is 5.52 Å². The highest BCUT2D eigenvalue weighted by molar-refractivity contribution is 5.95. The summed E-state index contributed by atoms with van der Waals surface area (Å²) in [4.78, 5) is 12.8. The molecule has 1 N–H and O–H groups in total. The highest BCUT2D eigenvalue weighted by Crippen LogP contribution is 2.61. The van der Waals surface area contributed by atoms with Crippen LogP contribution in [0.5, 0.6) is 0 Å². The minimum atomic E-state index is 0.212. The number of hydrogen-bond donors (Lipinski definition) is 1. The summed E-state index contributed by atoms with van der Waals surface area (Å²) in [5.74, 6) is 2.92. The van der Waals surface area contributed by atoms with E-state index in [4.69, 9.17) is 0 Å². The van der Waals surface area contributed by atoms with E-state index < -0.39 is 0 Å². The molecule has 2 aromatic rings. The fraction of sp³-hybridized carbons (Fsp3) is 0.571. The van der Waals surface area contributed by atoms with Gasteiger partial charge < -0.3 is 9.72 Å². The van der Waals surface area contributed by atoms with E-state index in [1.54, 1.807) is 0 Å². The largest absolute Gasteiger partial charge is 0.324 e. The second-order valence-electron chi connectivity index (χ2n) is 8.79. The summed E-state index contributed by atoms with van der Waals surface area (Å²) in [5, 5.41) is 3.21. The van der Waals surface area contributed by atoms with Crippen molar-refractivity contribution in [3.63, 3.8) is 0 Å². The smallest absolute Gasteiger partial charge is 0.224 e. The van der Waals surface area contributed by atoms with Crippen molar-refractivity contribution in [2.75, 3.05) is 5.32 Å². The zero-order valence-electron chi connectivity index (χ0n) is 14.4. The monoisotopic (exact) mass is 322 g/mol. The Morgan fingerprint density at radius 1 is 1.12 bits per heavy atom. The van der Waals surface area contributed by atoms with Gasteiger partial charge in [0.1, 0.15) is 0 Å². The molecule has 0 radical (unpaired) electrons. The molecule has 4 fully saturated rings. The van der Waals surface area contributed by atoms with Gasteiger partial charge in [0, 0.05) is 18.3 Å². The fourth-order valence-corrected chi connectivity index (χ4v) is 6.43. The maximum Gasteiger partial charge on any atom is 0.224 e. The molecule has 1 amide bonds. The van der Waals surface area contributed by atoms with E-state index in [-0.39, 0.29) is 5.91 Å². The molecule has 3 heteroatoms. The zero-order chi connectivity index (χ0) is 16.3. The number of pyridine rings is 1. The van der Waals surface area contributed by atoms with Crippen molar-refractivity contribution in [1.29, 1.82) is 0 Å². The van der Waals surface area contributed by atoms with Crippen molar-refractivity contribution in [2.24, 2.45) is 23.2 Å². The third-order valence-electron chi connectivity index (χ3n) is 6.87. The van der Waals surface area contributed by atoms with Gasteiger partial charge in [-0.3, -0.25) is 4.79 Å². The van der Waals surface area contributed by atoms with Crippen LogP contribution < -0.4 is 5.32 Å². The van der Waals surface area contributed by atoms with Gasteiger partial charge in [0.2, 0.25) is 5.91 Å². The molecule has 3 nitrogen and oxygen atoms in total. The second-order valence-corrected chi connectivity index (χ2v) is 8.79. The Kier molecular flexibility index (Phi) is 3.10. The lowest BCUT2D eigenvalue weighted by atomic mass is 9.49. The van der Waals surface area contributed by atoms with Crippen molar-refractivity contribution < 1.29 is 4.79 Å². The summed E-state index contributed by atoms with van der Waals surface area (Å²) in [6, 6.07) is 8.23. The fourth-order valence-electron chi connectivity index (χ4n) is 6.43. The molecule has 4 bridgehead atoms. The average molecular weight is 322 g/mol. The minimum absolute atomic E-state index is 0.212. The maximum atomic E-state index is 12.8. The zero-order valence-corrected chi connectivity index (χ0v) is 14.4. The molecule has 4 aliphatic carbocycles. The van der Waals surface area contributed by atoms with Crippen LogP contribution in [0.2, 0.25) is 0 Å². The Bertz CT molecular complexity index is 768. The number of aryl methyl sites for hydroxylation is 1. The van der Waals surface area contributed by atoms with Gasteiger partial charge in [-0.1, -0.05) is 0 Å². The van der Waals surface area contributed by atoms with Crippen LogP contribution in [0.1, 0.15) is 50.6 Å².